The van der Waals surface area contributed by atoms with Crippen LogP contribution < -0.4 is 0 Å². The fourth-order valence-electron chi connectivity index (χ4n) is 2.05. The molecule has 2 unspecified atom stereocenters. The highest BCUT2D eigenvalue weighted by molar-refractivity contribution is 6.04. The highest BCUT2D eigenvalue weighted by atomic mass is 16.2. The van der Waals surface area contributed by atoms with Crippen LogP contribution >= 0.6 is 0 Å². The molecule has 0 spiro atoms. The fraction of sp³-hybridized carbons (Fsp3) is 0.800. The molecule has 0 aromatic rings. The van der Waals surface area contributed by atoms with E-state index < -0.39 is 0 Å². The number of amides is 2. The van der Waals surface area contributed by atoms with Crippen molar-refractivity contribution >= 4 is 11.8 Å². The monoisotopic (exact) mass is 183 g/mol. The van der Waals surface area contributed by atoms with Crippen LogP contribution in [0.2, 0.25) is 0 Å². The van der Waals surface area contributed by atoms with Crippen molar-refractivity contribution in [2.24, 2.45) is 11.8 Å². The minimum Gasteiger partial charge on any atom is -0.285 e. The molecular weight excluding hydrogens is 166 g/mol. The average Bonchev–Trinajstić information content (AvgIpc) is 2.32. The maximum atomic E-state index is 11.6. The van der Waals surface area contributed by atoms with Crippen molar-refractivity contribution in [2.45, 2.75) is 33.1 Å². The summed E-state index contributed by atoms with van der Waals surface area (Å²) in [4.78, 5) is 24.4. The average molecular weight is 183 g/mol. The van der Waals surface area contributed by atoms with Crippen molar-refractivity contribution in [2.75, 3.05) is 7.05 Å². The Morgan fingerprint density at radius 1 is 1.15 bits per heavy atom. The highest BCUT2D eigenvalue weighted by Crippen LogP contribution is 2.30. The Kier molecular flexibility index (Phi) is 3.07. The first-order valence-electron chi connectivity index (χ1n) is 4.94. The summed E-state index contributed by atoms with van der Waals surface area (Å²) in [6.45, 7) is 4.01. The Morgan fingerprint density at radius 3 is 2.15 bits per heavy atom. The molecule has 1 saturated heterocycles. The van der Waals surface area contributed by atoms with Crippen molar-refractivity contribution in [1.82, 2.24) is 4.90 Å². The van der Waals surface area contributed by atoms with Gasteiger partial charge < -0.3 is 0 Å². The molecule has 0 saturated carbocycles. The van der Waals surface area contributed by atoms with Crippen molar-refractivity contribution in [3.05, 3.63) is 0 Å². The maximum Gasteiger partial charge on any atom is 0.232 e. The number of imide groups is 1. The molecule has 0 aromatic carbocycles. The largest absolute Gasteiger partial charge is 0.285 e. The summed E-state index contributed by atoms with van der Waals surface area (Å²) in [5.74, 6) is -0.0883. The van der Waals surface area contributed by atoms with Crippen molar-refractivity contribution < 1.29 is 9.59 Å². The van der Waals surface area contributed by atoms with Gasteiger partial charge in [0.25, 0.3) is 0 Å². The van der Waals surface area contributed by atoms with Gasteiger partial charge >= 0.3 is 0 Å². The molecule has 0 N–H and O–H groups in total. The number of rotatable bonds is 3. The Hall–Kier alpha value is -0.860. The molecular formula is C10H17NO2. The van der Waals surface area contributed by atoms with Crippen LogP contribution in [0.25, 0.3) is 0 Å². The van der Waals surface area contributed by atoms with Gasteiger partial charge in [-0.05, 0) is 12.8 Å². The SMILES string of the molecule is CCCC1C(=O)N(C)C(=O)C1CC. The van der Waals surface area contributed by atoms with E-state index >= 15 is 0 Å². The molecule has 13 heavy (non-hydrogen) atoms. The van der Waals surface area contributed by atoms with Crippen LogP contribution in [-0.2, 0) is 9.59 Å². The summed E-state index contributed by atoms with van der Waals surface area (Å²) in [6, 6.07) is 0. The van der Waals surface area contributed by atoms with E-state index in [1.165, 1.54) is 4.90 Å². The molecule has 0 radical (unpaired) electrons. The van der Waals surface area contributed by atoms with Gasteiger partial charge in [-0.15, -0.1) is 0 Å². The van der Waals surface area contributed by atoms with E-state index in [0.717, 1.165) is 19.3 Å². The van der Waals surface area contributed by atoms with E-state index in [4.69, 9.17) is 0 Å². The van der Waals surface area contributed by atoms with Crippen molar-refractivity contribution in [3.63, 3.8) is 0 Å². The molecule has 3 nitrogen and oxygen atoms in total. The van der Waals surface area contributed by atoms with Gasteiger partial charge in [0, 0.05) is 13.0 Å². The maximum absolute atomic E-state index is 11.6. The summed E-state index contributed by atoms with van der Waals surface area (Å²) in [5.41, 5.74) is 0. The molecule has 1 rings (SSSR count). The predicted octanol–water partition coefficient (Wildman–Crippen LogP) is 1.43. The molecule has 0 aromatic heterocycles. The third-order valence-electron chi connectivity index (χ3n) is 2.82. The van der Waals surface area contributed by atoms with Gasteiger partial charge in [-0.1, -0.05) is 20.3 Å². The molecule has 3 heteroatoms. The molecule has 2 atom stereocenters. The van der Waals surface area contributed by atoms with Gasteiger partial charge in [-0.3, -0.25) is 14.5 Å². The summed E-state index contributed by atoms with van der Waals surface area (Å²) in [7, 11) is 1.59. The van der Waals surface area contributed by atoms with Gasteiger partial charge in [0.1, 0.15) is 0 Å². The summed E-state index contributed by atoms with van der Waals surface area (Å²) in [6.07, 6.45) is 2.58. The Morgan fingerprint density at radius 2 is 1.69 bits per heavy atom. The zero-order valence-corrected chi connectivity index (χ0v) is 8.54. The van der Waals surface area contributed by atoms with Crippen LogP contribution in [0.1, 0.15) is 33.1 Å². The third-order valence-corrected chi connectivity index (χ3v) is 2.82. The first-order valence-corrected chi connectivity index (χ1v) is 4.94. The third kappa shape index (κ3) is 1.60. The van der Waals surface area contributed by atoms with E-state index in [9.17, 15) is 9.59 Å². The first kappa shape index (κ1) is 10.2. The van der Waals surface area contributed by atoms with Gasteiger partial charge in [-0.25, -0.2) is 0 Å². The highest BCUT2D eigenvalue weighted by Gasteiger charge is 2.43. The minimum atomic E-state index is -0.0579. The van der Waals surface area contributed by atoms with E-state index in [2.05, 4.69) is 0 Å². The van der Waals surface area contributed by atoms with Gasteiger partial charge in [0.05, 0.1) is 5.92 Å². The molecule has 1 aliphatic rings. The van der Waals surface area contributed by atoms with Crippen LogP contribution in [0.5, 0.6) is 0 Å². The number of carbonyl (C=O) groups excluding carboxylic acids is 2. The van der Waals surface area contributed by atoms with Gasteiger partial charge in [0.2, 0.25) is 11.8 Å². The molecule has 1 aliphatic heterocycles. The van der Waals surface area contributed by atoms with Crippen LogP contribution in [-0.4, -0.2) is 23.8 Å². The number of hydrogen-bond acceptors (Lipinski definition) is 2. The smallest absolute Gasteiger partial charge is 0.232 e. The topological polar surface area (TPSA) is 37.4 Å². The normalized spacial score (nSPS) is 28.7. The van der Waals surface area contributed by atoms with Crippen molar-refractivity contribution in [3.8, 4) is 0 Å². The minimum absolute atomic E-state index is 0.00551. The molecule has 74 valence electrons. The number of hydrogen-bond donors (Lipinski definition) is 0. The molecule has 0 bridgehead atoms. The standard InChI is InChI=1S/C10H17NO2/c1-4-6-8-7(5-2)9(12)11(3)10(8)13/h7-8H,4-6H2,1-3H3. The van der Waals surface area contributed by atoms with Crippen molar-refractivity contribution in [1.29, 1.82) is 0 Å². The zero-order chi connectivity index (χ0) is 10.0. The van der Waals surface area contributed by atoms with Gasteiger partial charge in [-0.2, -0.15) is 0 Å². The Labute approximate surface area is 79.1 Å². The van der Waals surface area contributed by atoms with E-state index in [1.807, 2.05) is 13.8 Å². The second-order valence-electron chi connectivity index (χ2n) is 3.65. The zero-order valence-electron chi connectivity index (χ0n) is 8.54. The summed E-state index contributed by atoms with van der Waals surface area (Å²) in [5, 5.41) is 0. The van der Waals surface area contributed by atoms with Crippen LogP contribution in [0.4, 0.5) is 0 Å². The van der Waals surface area contributed by atoms with Crippen LogP contribution in [0, 0.1) is 11.8 Å². The summed E-state index contributed by atoms with van der Waals surface area (Å²) >= 11 is 0. The van der Waals surface area contributed by atoms with Crippen LogP contribution in [0.3, 0.4) is 0 Å². The molecule has 2 amide bonds. The second-order valence-corrected chi connectivity index (χ2v) is 3.65. The second kappa shape index (κ2) is 3.90. The summed E-state index contributed by atoms with van der Waals surface area (Å²) < 4.78 is 0. The van der Waals surface area contributed by atoms with E-state index in [-0.39, 0.29) is 23.7 Å². The predicted molar refractivity (Wildman–Crippen MR) is 50.0 cm³/mol. The van der Waals surface area contributed by atoms with Gasteiger partial charge in [0.15, 0.2) is 0 Å². The first-order chi connectivity index (χ1) is 6.13. The van der Waals surface area contributed by atoms with E-state index in [1.54, 1.807) is 7.05 Å². The van der Waals surface area contributed by atoms with Crippen LogP contribution in [0.15, 0.2) is 0 Å². The number of likely N-dealkylation sites (tertiary alicyclic amines) is 1. The molecule has 0 aliphatic carbocycles. The lowest BCUT2D eigenvalue weighted by Crippen LogP contribution is -2.26. The Bertz CT molecular complexity index is 225. The fourth-order valence-corrected chi connectivity index (χ4v) is 2.05. The lowest BCUT2D eigenvalue weighted by molar-refractivity contribution is -0.138. The lowest BCUT2D eigenvalue weighted by atomic mass is 9.89. The van der Waals surface area contributed by atoms with E-state index in [0.29, 0.717) is 0 Å². The lowest BCUT2D eigenvalue weighted by Gasteiger charge is -2.10. The number of carbonyl (C=O) groups is 2. The molecule has 1 heterocycles. The molecule has 1 fully saturated rings. The quantitative estimate of drug-likeness (QED) is 0.621. The number of nitrogens with zero attached hydrogens (tertiary/aromatic N) is 1. The Balaban J connectivity index is 2.81.